The van der Waals surface area contributed by atoms with Crippen molar-refractivity contribution in [2.24, 2.45) is 0 Å². The molecular formula is C15H3F19O2. The summed E-state index contributed by atoms with van der Waals surface area (Å²) in [5.74, 6) is -63.3. The first kappa shape index (κ1) is 31.4. The highest BCUT2D eigenvalue weighted by molar-refractivity contribution is 5.76. The molecule has 0 amide bonds. The number of alkyl halides is 15. The summed E-state index contributed by atoms with van der Waals surface area (Å²) in [6, 6.07) is 0. The molecule has 1 rings (SSSR count). The van der Waals surface area contributed by atoms with Gasteiger partial charge in [0.1, 0.15) is 0 Å². The second-order valence-electron chi connectivity index (χ2n) is 6.48. The van der Waals surface area contributed by atoms with Crippen LogP contribution in [0.2, 0.25) is 0 Å². The maximum Gasteiger partial charge on any atom is 0.460 e. The van der Waals surface area contributed by atoms with Crippen molar-refractivity contribution in [3.63, 3.8) is 0 Å². The van der Waals surface area contributed by atoms with Gasteiger partial charge in [-0.3, -0.25) is 4.79 Å². The van der Waals surface area contributed by atoms with E-state index in [9.17, 15) is 88.2 Å². The van der Waals surface area contributed by atoms with Crippen LogP contribution >= 0.6 is 0 Å². The lowest BCUT2D eigenvalue weighted by Crippen LogP contribution is -2.73. The molecular weight excluding hydrogens is 573 g/mol. The van der Waals surface area contributed by atoms with Crippen LogP contribution < -0.4 is 4.74 Å². The second kappa shape index (κ2) is 8.73. The van der Waals surface area contributed by atoms with Gasteiger partial charge in [0.05, 0.1) is 5.56 Å². The van der Waals surface area contributed by atoms with E-state index < -0.39 is 89.2 Å². The number of carbonyl (C=O) groups excluding carboxylic acids is 1. The Hall–Kier alpha value is -2.64. The molecule has 0 atom stereocenters. The van der Waals surface area contributed by atoms with E-state index in [4.69, 9.17) is 0 Å². The van der Waals surface area contributed by atoms with Gasteiger partial charge in [-0.1, -0.05) is 0 Å². The molecule has 1 aromatic rings. The molecule has 208 valence electrons. The van der Waals surface area contributed by atoms with Crippen molar-refractivity contribution in [3.8, 4) is 5.75 Å². The molecule has 0 N–H and O–H groups in total. The van der Waals surface area contributed by atoms with Gasteiger partial charge < -0.3 is 4.74 Å². The zero-order valence-electron chi connectivity index (χ0n) is 15.8. The Labute approximate surface area is 183 Å². The molecule has 0 radical (unpaired) electrons. The summed E-state index contributed by atoms with van der Waals surface area (Å²) in [5, 5.41) is 0. The van der Waals surface area contributed by atoms with Crippen molar-refractivity contribution < 1.29 is 92.9 Å². The van der Waals surface area contributed by atoms with Crippen LogP contribution in [0.1, 0.15) is 10.4 Å². The molecule has 0 aliphatic rings. The topological polar surface area (TPSA) is 26.3 Å². The van der Waals surface area contributed by atoms with Crippen molar-refractivity contribution >= 4 is 6.29 Å². The number of ether oxygens (including phenoxy) is 1. The highest BCUT2D eigenvalue weighted by atomic mass is 19.4. The largest absolute Gasteiger partial charge is 0.481 e. The van der Waals surface area contributed by atoms with Crippen molar-refractivity contribution in [2.45, 2.75) is 41.7 Å². The van der Waals surface area contributed by atoms with Crippen molar-refractivity contribution in [3.05, 3.63) is 28.8 Å². The SMILES string of the molecule is O=Cc1c(F)c(F)c(OCC(F)(F)C(F)(F)C(F)(F)C(F)(F)C(F)(F)C(F)(F)C(F)(F)F)c(F)c1F. The minimum Gasteiger partial charge on any atom is -0.481 e. The second-order valence-corrected chi connectivity index (χ2v) is 6.48. The average Bonchev–Trinajstić information content (AvgIpc) is 2.71. The van der Waals surface area contributed by atoms with E-state index in [0.29, 0.717) is 0 Å². The van der Waals surface area contributed by atoms with Crippen molar-refractivity contribution in [2.75, 3.05) is 6.61 Å². The quantitative estimate of drug-likeness (QED) is 0.184. The van der Waals surface area contributed by atoms with Crippen LogP contribution in [0.3, 0.4) is 0 Å². The molecule has 0 spiro atoms. The summed E-state index contributed by atoms with van der Waals surface area (Å²) in [5.41, 5.74) is -2.09. The monoisotopic (exact) mass is 576 g/mol. The lowest BCUT2D eigenvalue weighted by Gasteiger charge is -2.41. The Bertz CT molecular complexity index is 980. The van der Waals surface area contributed by atoms with Crippen LogP contribution in [0, 0.1) is 23.3 Å². The molecule has 0 saturated carbocycles. The Morgan fingerprint density at radius 2 is 0.861 bits per heavy atom. The Morgan fingerprint density at radius 3 is 1.19 bits per heavy atom. The molecule has 0 heterocycles. The van der Waals surface area contributed by atoms with E-state index in [2.05, 4.69) is 4.74 Å². The van der Waals surface area contributed by atoms with Gasteiger partial charge in [-0.25, -0.2) is 8.78 Å². The summed E-state index contributed by atoms with van der Waals surface area (Å²) in [7, 11) is 0. The molecule has 2 nitrogen and oxygen atoms in total. The Morgan fingerprint density at radius 1 is 0.528 bits per heavy atom. The zero-order chi connectivity index (χ0) is 29.1. The van der Waals surface area contributed by atoms with Gasteiger partial charge in [0.2, 0.25) is 11.6 Å². The van der Waals surface area contributed by atoms with Crippen LogP contribution in [0.4, 0.5) is 83.4 Å². The first-order chi connectivity index (χ1) is 15.7. The van der Waals surface area contributed by atoms with E-state index in [1.807, 2.05) is 0 Å². The third-order valence-corrected chi connectivity index (χ3v) is 4.17. The summed E-state index contributed by atoms with van der Waals surface area (Å²) in [6.45, 7) is -3.75. The fourth-order valence-electron chi connectivity index (χ4n) is 2.11. The van der Waals surface area contributed by atoms with Crippen molar-refractivity contribution in [1.29, 1.82) is 0 Å². The van der Waals surface area contributed by atoms with Crippen LogP contribution in [-0.2, 0) is 0 Å². The van der Waals surface area contributed by atoms with Crippen molar-refractivity contribution in [1.82, 2.24) is 0 Å². The van der Waals surface area contributed by atoms with Crippen LogP contribution in [-0.4, -0.2) is 54.6 Å². The summed E-state index contributed by atoms with van der Waals surface area (Å²) in [4.78, 5) is 10.3. The van der Waals surface area contributed by atoms with Gasteiger partial charge >= 0.3 is 41.7 Å². The fourth-order valence-corrected chi connectivity index (χ4v) is 2.11. The standard InChI is InChI=1S/C15H3F19O2/c16-4-3(1-35)5(17)7(19)8(6(4)18)36-2-9(20,21)10(22,23)11(24,25)12(26,27)13(28,29)14(30,31)15(32,33)34/h1H,2H2. The molecule has 0 fully saturated rings. The third-order valence-electron chi connectivity index (χ3n) is 4.17. The number of benzene rings is 1. The third kappa shape index (κ3) is 4.16. The lowest BCUT2D eigenvalue weighted by atomic mass is 9.91. The van der Waals surface area contributed by atoms with E-state index >= 15 is 0 Å². The van der Waals surface area contributed by atoms with Gasteiger partial charge in [-0.15, -0.1) is 0 Å². The molecule has 0 aliphatic heterocycles. The van der Waals surface area contributed by atoms with Gasteiger partial charge in [0.25, 0.3) is 0 Å². The summed E-state index contributed by atoms with van der Waals surface area (Å²) >= 11 is 0. The number of hydrogen-bond donors (Lipinski definition) is 0. The maximum absolute atomic E-state index is 13.6. The van der Waals surface area contributed by atoms with Gasteiger partial charge in [-0.05, 0) is 0 Å². The molecule has 36 heavy (non-hydrogen) atoms. The highest BCUT2D eigenvalue weighted by Crippen LogP contribution is 2.62. The van der Waals surface area contributed by atoms with E-state index in [0.717, 1.165) is 0 Å². The number of halogens is 19. The van der Waals surface area contributed by atoms with Gasteiger partial charge in [-0.2, -0.15) is 74.6 Å². The molecule has 1 aromatic carbocycles. The van der Waals surface area contributed by atoms with Gasteiger partial charge in [0.15, 0.2) is 30.3 Å². The smallest absolute Gasteiger partial charge is 0.460 e. The normalized spacial score (nSPS) is 14.8. The first-order valence-electron chi connectivity index (χ1n) is 7.96. The molecule has 0 unspecified atom stereocenters. The maximum atomic E-state index is 13.6. The number of hydrogen-bond acceptors (Lipinski definition) is 2. The van der Waals surface area contributed by atoms with E-state index in [-0.39, 0.29) is 0 Å². The van der Waals surface area contributed by atoms with Crippen LogP contribution in [0.15, 0.2) is 0 Å². The predicted molar refractivity (Wildman–Crippen MR) is 72.9 cm³/mol. The van der Waals surface area contributed by atoms with E-state index in [1.165, 1.54) is 0 Å². The van der Waals surface area contributed by atoms with Crippen LogP contribution in [0.25, 0.3) is 0 Å². The molecule has 0 aliphatic carbocycles. The minimum atomic E-state index is -8.62. The summed E-state index contributed by atoms with van der Waals surface area (Å²) < 4.78 is 252. The highest BCUT2D eigenvalue weighted by Gasteiger charge is 2.93. The number of aldehydes is 1. The Kier molecular flexibility index (Phi) is 7.62. The molecule has 0 bridgehead atoms. The Balaban J connectivity index is 3.53. The molecule has 21 heteroatoms. The average molecular weight is 576 g/mol. The lowest BCUT2D eigenvalue weighted by molar-refractivity contribution is -0.453. The predicted octanol–water partition coefficient (Wildman–Crippen LogP) is 6.81. The van der Waals surface area contributed by atoms with Gasteiger partial charge in [0, 0.05) is 0 Å². The zero-order valence-corrected chi connectivity index (χ0v) is 15.8. The van der Waals surface area contributed by atoms with E-state index in [1.54, 1.807) is 0 Å². The molecule has 0 saturated heterocycles. The fraction of sp³-hybridized carbons (Fsp3) is 0.533. The number of rotatable bonds is 9. The molecule has 0 aromatic heterocycles. The summed E-state index contributed by atoms with van der Waals surface area (Å²) in [6.07, 6.45) is -8.73. The number of carbonyl (C=O) groups is 1. The minimum absolute atomic E-state index is 0.914. The van der Waals surface area contributed by atoms with Crippen LogP contribution in [0.5, 0.6) is 5.75 Å². The first-order valence-corrected chi connectivity index (χ1v) is 7.96.